The van der Waals surface area contributed by atoms with Crippen LogP contribution < -0.4 is 11.3 Å². The molecule has 0 saturated heterocycles. The summed E-state index contributed by atoms with van der Waals surface area (Å²) in [7, 11) is 0. The van der Waals surface area contributed by atoms with Crippen LogP contribution in [0.25, 0.3) is 0 Å². The lowest BCUT2D eigenvalue weighted by Gasteiger charge is -2.32. The number of carbonyl (C=O) groups is 1. The van der Waals surface area contributed by atoms with Crippen molar-refractivity contribution in [2.75, 3.05) is 13.2 Å². The third-order valence-electron chi connectivity index (χ3n) is 3.05. The van der Waals surface area contributed by atoms with E-state index in [1.807, 2.05) is 49.1 Å². The fourth-order valence-corrected chi connectivity index (χ4v) is 2.24. The fourth-order valence-electron chi connectivity index (χ4n) is 2.24. The lowest BCUT2D eigenvalue weighted by Crippen LogP contribution is -2.52. The van der Waals surface area contributed by atoms with Crippen LogP contribution in [-0.4, -0.2) is 35.1 Å². The van der Waals surface area contributed by atoms with Crippen molar-refractivity contribution >= 4 is 5.91 Å². The molecule has 0 aliphatic heterocycles. The van der Waals surface area contributed by atoms with Crippen LogP contribution in [0.1, 0.15) is 19.4 Å². The van der Waals surface area contributed by atoms with Gasteiger partial charge in [0.25, 0.3) is 5.91 Å². The summed E-state index contributed by atoms with van der Waals surface area (Å²) in [4.78, 5) is 13.8. The van der Waals surface area contributed by atoms with E-state index in [1.54, 1.807) is 0 Å². The van der Waals surface area contributed by atoms with Crippen LogP contribution in [0.3, 0.4) is 0 Å². The van der Waals surface area contributed by atoms with Crippen molar-refractivity contribution in [3.8, 4) is 0 Å². The Kier molecular flexibility index (Phi) is 6.49. The molecule has 0 bridgehead atoms. The maximum Gasteiger partial charge on any atom is 0.251 e. The highest BCUT2D eigenvalue weighted by Gasteiger charge is 2.28. The van der Waals surface area contributed by atoms with Gasteiger partial charge < -0.3 is 5.11 Å². The van der Waals surface area contributed by atoms with E-state index in [1.165, 1.54) is 0 Å². The first-order valence-corrected chi connectivity index (χ1v) is 6.49. The molecule has 5 nitrogen and oxygen atoms in total. The summed E-state index contributed by atoms with van der Waals surface area (Å²) in [6.45, 7) is 4.99. The van der Waals surface area contributed by atoms with Crippen LogP contribution >= 0.6 is 0 Å². The maximum absolute atomic E-state index is 11.9. The van der Waals surface area contributed by atoms with Crippen molar-refractivity contribution in [2.24, 2.45) is 11.8 Å². The average Bonchev–Trinajstić information content (AvgIpc) is 2.39. The highest BCUT2D eigenvalue weighted by atomic mass is 16.3. The zero-order valence-corrected chi connectivity index (χ0v) is 11.5. The minimum Gasteiger partial charge on any atom is -0.395 e. The number of carbonyl (C=O) groups excluding carboxylic acids is 1. The summed E-state index contributed by atoms with van der Waals surface area (Å²) < 4.78 is 0. The molecule has 4 N–H and O–H groups in total. The van der Waals surface area contributed by atoms with Gasteiger partial charge in [0, 0.05) is 13.1 Å². The van der Waals surface area contributed by atoms with E-state index < -0.39 is 0 Å². The summed E-state index contributed by atoms with van der Waals surface area (Å²) in [6.07, 6.45) is 0. The standard InChI is InChI=1S/C14H23N3O2/c1-11(2)13(14(19)16-15)17(8-9-18)10-12-6-4-3-5-7-12/h3-7,11,13,18H,8-10,15H2,1-2H3,(H,16,19). The number of hydrogen-bond acceptors (Lipinski definition) is 4. The number of aliphatic hydroxyl groups is 1. The Balaban J connectivity index is 2.87. The number of aliphatic hydroxyl groups excluding tert-OH is 1. The molecule has 1 atom stereocenters. The second kappa shape index (κ2) is 7.89. The molecule has 19 heavy (non-hydrogen) atoms. The van der Waals surface area contributed by atoms with Crippen LogP contribution in [0.5, 0.6) is 0 Å². The smallest absolute Gasteiger partial charge is 0.251 e. The topological polar surface area (TPSA) is 78.6 Å². The summed E-state index contributed by atoms with van der Waals surface area (Å²) >= 11 is 0. The zero-order valence-electron chi connectivity index (χ0n) is 11.5. The predicted molar refractivity (Wildman–Crippen MR) is 74.9 cm³/mol. The molecule has 0 saturated carbocycles. The molecule has 1 aromatic carbocycles. The predicted octanol–water partition coefficient (Wildman–Crippen LogP) is 0.495. The van der Waals surface area contributed by atoms with Crippen molar-refractivity contribution < 1.29 is 9.90 Å². The third kappa shape index (κ3) is 4.63. The largest absolute Gasteiger partial charge is 0.395 e. The molecular formula is C14H23N3O2. The van der Waals surface area contributed by atoms with Gasteiger partial charge in [0.15, 0.2) is 0 Å². The molecule has 0 heterocycles. The van der Waals surface area contributed by atoms with E-state index >= 15 is 0 Å². The molecular weight excluding hydrogens is 242 g/mol. The molecule has 106 valence electrons. The Bertz CT molecular complexity index is 382. The van der Waals surface area contributed by atoms with Gasteiger partial charge in [-0.3, -0.25) is 15.1 Å². The highest BCUT2D eigenvalue weighted by molar-refractivity contribution is 5.81. The number of rotatable bonds is 7. The van der Waals surface area contributed by atoms with Crippen LogP contribution in [0.2, 0.25) is 0 Å². The lowest BCUT2D eigenvalue weighted by atomic mass is 10.0. The fraction of sp³-hybridized carbons (Fsp3) is 0.500. The molecule has 1 rings (SSSR count). The number of nitrogens with two attached hydrogens (primary N) is 1. The minimum atomic E-state index is -0.350. The van der Waals surface area contributed by atoms with Gasteiger partial charge in [0.05, 0.1) is 12.6 Å². The van der Waals surface area contributed by atoms with Crippen molar-refractivity contribution in [2.45, 2.75) is 26.4 Å². The lowest BCUT2D eigenvalue weighted by molar-refractivity contribution is -0.128. The number of benzene rings is 1. The van der Waals surface area contributed by atoms with Crippen molar-refractivity contribution in [3.05, 3.63) is 35.9 Å². The molecule has 0 spiro atoms. The molecule has 0 radical (unpaired) electrons. The van der Waals surface area contributed by atoms with Gasteiger partial charge in [-0.1, -0.05) is 44.2 Å². The summed E-state index contributed by atoms with van der Waals surface area (Å²) in [5.74, 6) is 5.14. The van der Waals surface area contributed by atoms with Gasteiger partial charge in [0.2, 0.25) is 0 Å². The molecule has 0 aromatic heterocycles. The van der Waals surface area contributed by atoms with Crippen LogP contribution in [0.15, 0.2) is 30.3 Å². The number of nitrogens with zero attached hydrogens (tertiary/aromatic N) is 1. The van der Waals surface area contributed by atoms with Gasteiger partial charge in [-0.15, -0.1) is 0 Å². The normalized spacial score (nSPS) is 12.7. The molecule has 5 heteroatoms. The van der Waals surface area contributed by atoms with Crippen LogP contribution in [-0.2, 0) is 11.3 Å². The Hall–Kier alpha value is -1.43. The molecule has 0 fully saturated rings. The number of amides is 1. The van der Waals surface area contributed by atoms with E-state index in [9.17, 15) is 9.90 Å². The maximum atomic E-state index is 11.9. The van der Waals surface area contributed by atoms with E-state index in [-0.39, 0.29) is 24.5 Å². The van der Waals surface area contributed by atoms with E-state index in [2.05, 4.69) is 5.43 Å². The first-order valence-electron chi connectivity index (χ1n) is 6.49. The Labute approximate surface area is 114 Å². The van der Waals surface area contributed by atoms with Crippen molar-refractivity contribution in [1.82, 2.24) is 10.3 Å². The summed E-state index contributed by atoms with van der Waals surface area (Å²) in [5, 5.41) is 9.20. The quantitative estimate of drug-likeness (QED) is 0.381. The molecule has 1 unspecified atom stereocenters. The van der Waals surface area contributed by atoms with E-state index in [0.717, 1.165) is 5.56 Å². The van der Waals surface area contributed by atoms with Crippen LogP contribution in [0, 0.1) is 5.92 Å². The summed E-state index contributed by atoms with van der Waals surface area (Å²) in [5.41, 5.74) is 3.31. The Morgan fingerprint density at radius 3 is 2.47 bits per heavy atom. The summed E-state index contributed by atoms with van der Waals surface area (Å²) in [6, 6.07) is 9.52. The average molecular weight is 265 g/mol. The first kappa shape index (κ1) is 15.6. The molecule has 0 aliphatic rings. The van der Waals surface area contributed by atoms with E-state index in [4.69, 9.17) is 5.84 Å². The van der Waals surface area contributed by atoms with Gasteiger partial charge in [-0.2, -0.15) is 0 Å². The SMILES string of the molecule is CC(C)C(C(=O)NN)N(CCO)Cc1ccccc1. The monoisotopic (exact) mass is 265 g/mol. The van der Waals surface area contributed by atoms with Crippen LogP contribution in [0.4, 0.5) is 0 Å². The highest BCUT2D eigenvalue weighted by Crippen LogP contribution is 2.14. The van der Waals surface area contributed by atoms with Gasteiger partial charge >= 0.3 is 0 Å². The molecule has 1 aromatic rings. The number of nitrogens with one attached hydrogen (secondary N) is 1. The Morgan fingerprint density at radius 2 is 2.00 bits per heavy atom. The third-order valence-corrected chi connectivity index (χ3v) is 3.05. The van der Waals surface area contributed by atoms with Gasteiger partial charge in [0.1, 0.15) is 0 Å². The van der Waals surface area contributed by atoms with E-state index in [0.29, 0.717) is 13.1 Å². The second-order valence-electron chi connectivity index (χ2n) is 4.88. The van der Waals surface area contributed by atoms with Crippen molar-refractivity contribution in [3.63, 3.8) is 0 Å². The van der Waals surface area contributed by atoms with Gasteiger partial charge in [-0.05, 0) is 11.5 Å². The zero-order chi connectivity index (χ0) is 14.3. The molecule has 1 amide bonds. The first-order chi connectivity index (χ1) is 9.10. The minimum absolute atomic E-state index is 0.00784. The number of hydrazine groups is 1. The Morgan fingerprint density at radius 1 is 1.37 bits per heavy atom. The second-order valence-corrected chi connectivity index (χ2v) is 4.88. The number of hydrogen-bond donors (Lipinski definition) is 3. The van der Waals surface area contributed by atoms with Gasteiger partial charge in [-0.25, -0.2) is 5.84 Å². The molecule has 0 aliphatic carbocycles. The van der Waals surface area contributed by atoms with Crippen molar-refractivity contribution in [1.29, 1.82) is 0 Å².